The van der Waals surface area contributed by atoms with Crippen LogP contribution in [0.15, 0.2) is 65.3 Å². The molecule has 0 saturated heterocycles. The van der Waals surface area contributed by atoms with Crippen LogP contribution >= 0.6 is 11.3 Å². The SMILES string of the molecule is COc1ccc(CC(=O)N(Cc2ccco2)c2nc3cc(OC)ccc3s2)cc1. The van der Waals surface area contributed by atoms with Gasteiger partial charge in [-0.2, -0.15) is 0 Å². The molecular weight excluding hydrogens is 388 g/mol. The number of furan rings is 1. The molecule has 2 heterocycles. The Morgan fingerprint density at radius 3 is 2.52 bits per heavy atom. The van der Waals surface area contributed by atoms with Crippen molar-refractivity contribution in [2.45, 2.75) is 13.0 Å². The van der Waals surface area contributed by atoms with Crippen LogP contribution < -0.4 is 14.4 Å². The van der Waals surface area contributed by atoms with Gasteiger partial charge in [-0.3, -0.25) is 9.69 Å². The number of amides is 1. The Kier molecular flexibility index (Phi) is 5.48. The zero-order chi connectivity index (χ0) is 20.2. The summed E-state index contributed by atoms with van der Waals surface area (Å²) in [5.74, 6) is 2.13. The van der Waals surface area contributed by atoms with Gasteiger partial charge in [-0.05, 0) is 42.0 Å². The van der Waals surface area contributed by atoms with Crippen molar-refractivity contribution in [3.63, 3.8) is 0 Å². The van der Waals surface area contributed by atoms with Crippen molar-refractivity contribution in [1.29, 1.82) is 0 Å². The van der Waals surface area contributed by atoms with Gasteiger partial charge in [0.1, 0.15) is 17.3 Å². The van der Waals surface area contributed by atoms with E-state index < -0.39 is 0 Å². The average Bonchev–Trinajstić information content (AvgIpc) is 3.41. The molecule has 0 aliphatic heterocycles. The number of hydrogen-bond acceptors (Lipinski definition) is 6. The maximum atomic E-state index is 13.2. The Hall–Kier alpha value is -3.32. The molecule has 0 atom stereocenters. The van der Waals surface area contributed by atoms with Gasteiger partial charge >= 0.3 is 0 Å². The van der Waals surface area contributed by atoms with Crippen molar-refractivity contribution in [1.82, 2.24) is 4.98 Å². The van der Waals surface area contributed by atoms with Crippen molar-refractivity contribution in [2.24, 2.45) is 0 Å². The van der Waals surface area contributed by atoms with Gasteiger partial charge in [-0.25, -0.2) is 4.98 Å². The van der Waals surface area contributed by atoms with Crippen molar-refractivity contribution < 1.29 is 18.7 Å². The molecule has 148 valence electrons. The number of nitrogens with zero attached hydrogens (tertiary/aromatic N) is 2. The number of anilines is 1. The Balaban J connectivity index is 1.64. The highest BCUT2D eigenvalue weighted by Gasteiger charge is 2.22. The van der Waals surface area contributed by atoms with Gasteiger partial charge in [0.25, 0.3) is 0 Å². The van der Waals surface area contributed by atoms with Crippen molar-refractivity contribution in [3.8, 4) is 11.5 Å². The fraction of sp³-hybridized carbons (Fsp3) is 0.182. The molecule has 29 heavy (non-hydrogen) atoms. The summed E-state index contributed by atoms with van der Waals surface area (Å²) in [6.45, 7) is 0.318. The number of carbonyl (C=O) groups is 1. The topological polar surface area (TPSA) is 64.8 Å². The smallest absolute Gasteiger partial charge is 0.233 e. The summed E-state index contributed by atoms with van der Waals surface area (Å²) in [4.78, 5) is 19.5. The molecule has 0 radical (unpaired) electrons. The van der Waals surface area contributed by atoms with Crippen LogP contribution in [0.3, 0.4) is 0 Å². The minimum atomic E-state index is -0.0578. The molecule has 4 aromatic rings. The van der Waals surface area contributed by atoms with E-state index in [0.717, 1.165) is 27.3 Å². The van der Waals surface area contributed by atoms with Crippen LogP contribution in [-0.4, -0.2) is 25.1 Å². The van der Waals surface area contributed by atoms with Crippen LogP contribution in [0.1, 0.15) is 11.3 Å². The number of hydrogen-bond donors (Lipinski definition) is 0. The molecule has 0 aliphatic rings. The maximum absolute atomic E-state index is 13.2. The molecule has 2 aromatic heterocycles. The van der Waals surface area contributed by atoms with E-state index >= 15 is 0 Å². The van der Waals surface area contributed by atoms with Crippen LogP contribution in [0.4, 0.5) is 5.13 Å². The molecule has 0 aliphatic carbocycles. The van der Waals surface area contributed by atoms with Crippen molar-refractivity contribution >= 4 is 32.6 Å². The first-order valence-corrected chi connectivity index (χ1v) is 9.88. The summed E-state index contributed by atoms with van der Waals surface area (Å²) >= 11 is 1.47. The van der Waals surface area contributed by atoms with E-state index in [4.69, 9.17) is 13.9 Å². The van der Waals surface area contributed by atoms with Gasteiger partial charge in [-0.15, -0.1) is 0 Å². The first-order valence-electron chi connectivity index (χ1n) is 9.06. The third-order valence-electron chi connectivity index (χ3n) is 4.52. The predicted molar refractivity (Wildman–Crippen MR) is 113 cm³/mol. The van der Waals surface area contributed by atoms with E-state index in [1.807, 2.05) is 54.6 Å². The minimum absolute atomic E-state index is 0.0578. The summed E-state index contributed by atoms with van der Waals surface area (Å²) in [6, 6.07) is 16.9. The van der Waals surface area contributed by atoms with Gasteiger partial charge < -0.3 is 13.9 Å². The first-order chi connectivity index (χ1) is 14.2. The second-order valence-corrected chi connectivity index (χ2v) is 7.42. The van der Waals surface area contributed by atoms with E-state index in [1.54, 1.807) is 25.4 Å². The molecule has 0 unspecified atom stereocenters. The molecule has 0 saturated carbocycles. The monoisotopic (exact) mass is 408 g/mol. The average molecular weight is 408 g/mol. The largest absolute Gasteiger partial charge is 0.497 e. The van der Waals surface area contributed by atoms with Crippen LogP contribution in [0.25, 0.3) is 10.2 Å². The minimum Gasteiger partial charge on any atom is -0.497 e. The number of benzene rings is 2. The van der Waals surface area contributed by atoms with E-state index in [1.165, 1.54) is 11.3 Å². The normalized spacial score (nSPS) is 10.8. The van der Waals surface area contributed by atoms with Crippen LogP contribution in [0.2, 0.25) is 0 Å². The summed E-state index contributed by atoms with van der Waals surface area (Å²) in [6.07, 6.45) is 1.86. The summed E-state index contributed by atoms with van der Waals surface area (Å²) in [5.41, 5.74) is 1.70. The van der Waals surface area contributed by atoms with E-state index in [9.17, 15) is 4.79 Å². The van der Waals surface area contributed by atoms with Gasteiger partial charge in [0, 0.05) is 6.07 Å². The Morgan fingerprint density at radius 1 is 1.07 bits per heavy atom. The number of carbonyl (C=O) groups excluding carboxylic acids is 1. The highest BCUT2D eigenvalue weighted by Crippen LogP contribution is 2.32. The second-order valence-electron chi connectivity index (χ2n) is 6.41. The van der Waals surface area contributed by atoms with E-state index in [-0.39, 0.29) is 12.3 Å². The second kappa shape index (κ2) is 8.36. The summed E-state index contributed by atoms with van der Waals surface area (Å²) in [5, 5.41) is 0.628. The predicted octanol–water partition coefficient (Wildman–Crippen LogP) is 4.68. The summed E-state index contributed by atoms with van der Waals surface area (Å²) in [7, 11) is 3.24. The molecule has 7 heteroatoms. The highest BCUT2D eigenvalue weighted by atomic mass is 32.1. The van der Waals surface area contributed by atoms with E-state index in [2.05, 4.69) is 4.98 Å². The molecule has 1 amide bonds. The third-order valence-corrected chi connectivity index (χ3v) is 5.58. The van der Waals surface area contributed by atoms with Gasteiger partial charge in [-0.1, -0.05) is 23.5 Å². The fourth-order valence-corrected chi connectivity index (χ4v) is 3.93. The fourth-order valence-electron chi connectivity index (χ4n) is 2.97. The number of thiazole rings is 1. The number of rotatable bonds is 7. The van der Waals surface area contributed by atoms with E-state index in [0.29, 0.717) is 17.4 Å². The van der Waals surface area contributed by atoms with Crippen LogP contribution in [-0.2, 0) is 17.8 Å². The van der Waals surface area contributed by atoms with Crippen LogP contribution in [0.5, 0.6) is 11.5 Å². The Morgan fingerprint density at radius 2 is 1.83 bits per heavy atom. The standard InChI is InChI=1S/C22H20N2O4S/c1-26-16-7-5-15(6-8-16)12-21(25)24(14-18-4-3-11-28-18)22-23-19-13-17(27-2)9-10-20(19)29-22/h3-11,13H,12,14H2,1-2H3. The zero-order valence-electron chi connectivity index (χ0n) is 16.1. The lowest BCUT2D eigenvalue weighted by atomic mass is 10.1. The molecule has 4 rings (SSSR count). The third kappa shape index (κ3) is 4.25. The first kappa shape index (κ1) is 19.0. The Bertz CT molecular complexity index is 1100. The number of fused-ring (bicyclic) bond motifs is 1. The van der Waals surface area contributed by atoms with Crippen molar-refractivity contribution in [2.75, 3.05) is 19.1 Å². The van der Waals surface area contributed by atoms with Gasteiger partial charge in [0.2, 0.25) is 5.91 Å². The number of methoxy groups -OCH3 is 2. The summed E-state index contributed by atoms with van der Waals surface area (Å²) < 4.78 is 16.9. The molecule has 0 N–H and O–H groups in total. The molecule has 0 fully saturated rings. The number of aromatic nitrogens is 1. The molecule has 2 aromatic carbocycles. The number of ether oxygens (including phenoxy) is 2. The van der Waals surface area contributed by atoms with Crippen LogP contribution in [0, 0.1) is 0 Å². The zero-order valence-corrected chi connectivity index (χ0v) is 16.9. The lowest BCUT2D eigenvalue weighted by Gasteiger charge is -2.19. The lowest BCUT2D eigenvalue weighted by Crippen LogP contribution is -2.31. The molecular formula is C22H20N2O4S. The quantitative estimate of drug-likeness (QED) is 0.444. The lowest BCUT2D eigenvalue weighted by molar-refractivity contribution is -0.118. The van der Waals surface area contributed by atoms with Crippen molar-refractivity contribution in [3.05, 3.63) is 72.2 Å². The molecule has 6 nitrogen and oxygen atoms in total. The molecule has 0 spiro atoms. The van der Waals surface area contributed by atoms with Gasteiger partial charge in [0.05, 0.1) is 43.7 Å². The maximum Gasteiger partial charge on any atom is 0.233 e. The molecule has 0 bridgehead atoms. The van der Waals surface area contributed by atoms with Gasteiger partial charge in [0.15, 0.2) is 5.13 Å². The highest BCUT2D eigenvalue weighted by molar-refractivity contribution is 7.22. The Labute approximate surface area is 172 Å².